The normalized spacial score (nSPS) is 18.8. The smallest absolute Gasteiger partial charge is 0.406 e. The largest absolute Gasteiger partial charge is 0.550 e. The number of hydrogen-bond acceptors (Lipinski definition) is 4. The van der Waals surface area contributed by atoms with Crippen molar-refractivity contribution in [2.75, 3.05) is 6.54 Å². The van der Waals surface area contributed by atoms with Gasteiger partial charge in [0.15, 0.2) is 0 Å². The van der Waals surface area contributed by atoms with E-state index in [2.05, 4.69) is 0 Å². The highest BCUT2D eigenvalue weighted by Gasteiger charge is 2.37. The molecule has 8 heteroatoms. The minimum Gasteiger partial charge on any atom is -0.550 e. The molecule has 1 aliphatic rings. The molecule has 0 radical (unpaired) electrons. The average molecular weight is 316 g/mol. The lowest BCUT2D eigenvalue weighted by atomic mass is 9.94. The lowest BCUT2D eigenvalue weighted by molar-refractivity contribution is -0.306. The van der Waals surface area contributed by atoms with Crippen LogP contribution in [0.2, 0.25) is 0 Å². The molecule has 1 heterocycles. The molecule has 5 nitrogen and oxygen atoms in total. The third-order valence-corrected chi connectivity index (χ3v) is 3.46. The number of phenolic OH excluding ortho intramolecular Hbond substituents is 1. The van der Waals surface area contributed by atoms with E-state index in [9.17, 15) is 33.0 Å². The van der Waals surface area contributed by atoms with Crippen LogP contribution in [-0.4, -0.2) is 34.6 Å². The SMILES string of the molecule is O=C([O-])C[C@@H]1Cc2ccc(O)cc2CN(CC(F)(F)F)C1=O. The van der Waals surface area contributed by atoms with Crippen LogP contribution in [0.5, 0.6) is 5.75 Å². The monoisotopic (exact) mass is 316 g/mol. The second-order valence-corrected chi connectivity index (χ2v) is 5.24. The number of carboxylic acids is 1. The van der Waals surface area contributed by atoms with Gasteiger partial charge in [0, 0.05) is 18.4 Å². The Balaban J connectivity index is 2.37. The number of phenols is 1. The number of fused-ring (bicyclic) bond motifs is 1. The van der Waals surface area contributed by atoms with E-state index < -0.39 is 36.9 Å². The molecular formula is C14H13F3NO4-. The van der Waals surface area contributed by atoms with Crippen LogP contribution in [0.25, 0.3) is 0 Å². The fourth-order valence-corrected chi connectivity index (χ4v) is 2.56. The number of rotatable bonds is 3. The number of aliphatic carboxylic acids is 1. The molecule has 0 aromatic heterocycles. The first-order valence-electron chi connectivity index (χ1n) is 6.52. The number of carbonyl (C=O) groups excluding carboxylic acids is 2. The fourth-order valence-electron chi connectivity index (χ4n) is 2.56. The summed E-state index contributed by atoms with van der Waals surface area (Å²) in [5.41, 5.74) is 0.917. The van der Waals surface area contributed by atoms with Crippen molar-refractivity contribution in [1.82, 2.24) is 4.90 Å². The molecule has 1 N–H and O–H groups in total. The molecule has 120 valence electrons. The number of amides is 1. The molecule has 0 unspecified atom stereocenters. The van der Waals surface area contributed by atoms with Crippen LogP contribution in [0.4, 0.5) is 13.2 Å². The zero-order chi connectivity index (χ0) is 16.5. The van der Waals surface area contributed by atoms with E-state index in [0.29, 0.717) is 16.0 Å². The van der Waals surface area contributed by atoms with Crippen molar-refractivity contribution in [2.45, 2.75) is 25.6 Å². The van der Waals surface area contributed by atoms with Crippen LogP contribution in [-0.2, 0) is 22.6 Å². The topological polar surface area (TPSA) is 80.7 Å². The second kappa shape index (κ2) is 5.86. The van der Waals surface area contributed by atoms with Crippen LogP contribution >= 0.6 is 0 Å². The highest BCUT2D eigenvalue weighted by molar-refractivity contribution is 5.83. The van der Waals surface area contributed by atoms with E-state index in [1.807, 2.05) is 0 Å². The number of benzene rings is 1. The Morgan fingerprint density at radius 1 is 1.36 bits per heavy atom. The number of carbonyl (C=O) groups is 2. The van der Waals surface area contributed by atoms with Gasteiger partial charge in [0.25, 0.3) is 0 Å². The number of carboxylic acid groups (broad SMARTS) is 1. The minimum atomic E-state index is -4.59. The zero-order valence-corrected chi connectivity index (χ0v) is 11.4. The van der Waals surface area contributed by atoms with Crippen LogP contribution < -0.4 is 5.11 Å². The van der Waals surface area contributed by atoms with Gasteiger partial charge >= 0.3 is 6.18 Å². The van der Waals surface area contributed by atoms with Crippen LogP contribution in [0.3, 0.4) is 0 Å². The van der Waals surface area contributed by atoms with Gasteiger partial charge in [0.1, 0.15) is 12.3 Å². The fraction of sp³-hybridized carbons (Fsp3) is 0.429. The van der Waals surface area contributed by atoms with Crippen LogP contribution in [0, 0.1) is 5.92 Å². The van der Waals surface area contributed by atoms with Crippen molar-refractivity contribution in [3.8, 4) is 5.75 Å². The van der Waals surface area contributed by atoms with E-state index in [-0.39, 0.29) is 18.7 Å². The molecule has 2 rings (SSSR count). The summed E-state index contributed by atoms with van der Waals surface area (Å²) < 4.78 is 37.9. The predicted octanol–water partition coefficient (Wildman–Crippen LogP) is 0.595. The molecule has 1 aromatic carbocycles. The Morgan fingerprint density at radius 3 is 2.64 bits per heavy atom. The molecule has 1 atom stereocenters. The van der Waals surface area contributed by atoms with Gasteiger partial charge in [-0.2, -0.15) is 13.2 Å². The van der Waals surface area contributed by atoms with Gasteiger partial charge in [0.2, 0.25) is 5.91 Å². The maximum absolute atomic E-state index is 12.6. The van der Waals surface area contributed by atoms with Crippen LogP contribution in [0.1, 0.15) is 17.5 Å². The molecule has 1 aromatic rings. The summed E-state index contributed by atoms with van der Waals surface area (Å²) >= 11 is 0. The summed E-state index contributed by atoms with van der Waals surface area (Å²) in [6.45, 7) is -1.80. The van der Waals surface area contributed by atoms with Crippen LogP contribution in [0.15, 0.2) is 18.2 Å². The molecule has 0 aliphatic carbocycles. The molecule has 1 amide bonds. The third-order valence-electron chi connectivity index (χ3n) is 3.46. The van der Waals surface area contributed by atoms with Crippen molar-refractivity contribution in [3.63, 3.8) is 0 Å². The van der Waals surface area contributed by atoms with Gasteiger partial charge in [-0.15, -0.1) is 0 Å². The van der Waals surface area contributed by atoms with Gasteiger partial charge in [-0.1, -0.05) is 6.07 Å². The lowest BCUT2D eigenvalue weighted by Crippen LogP contribution is -2.42. The Hall–Kier alpha value is -2.25. The van der Waals surface area contributed by atoms with Gasteiger partial charge < -0.3 is 19.9 Å². The summed E-state index contributed by atoms with van der Waals surface area (Å²) in [5, 5.41) is 20.2. The van der Waals surface area contributed by atoms with E-state index in [0.717, 1.165) is 0 Å². The standard InChI is InChI=1S/C14H14F3NO4/c15-14(16,17)7-18-6-10-4-11(19)2-1-8(10)3-9(13(18)22)5-12(20)21/h1-2,4,9,19H,3,5-7H2,(H,20,21)/p-1/t9-/m0/s1. The van der Waals surface area contributed by atoms with Gasteiger partial charge in [0.05, 0.1) is 0 Å². The highest BCUT2D eigenvalue weighted by atomic mass is 19.4. The molecule has 0 spiro atoms. The van der Waals surface area contributed by atoms with Crippen molar-refractivity contribution in [2.24, 2.45) is 5.92 Å². The van der Waals surface area contributed by atoms with E-state index >= 15 is 0 Å². The van der Waals surface area contributed by atoms with Crippen molar-refractivity contribution >= 4 is 11.9 Å². The molecule has 0 saturated carbocycles. The summed E-state index contributed by atoms with van der Waals surface area (Å²) in [6, 6.07) is 4.11. The third kappa shape index (κ3) is 3.90. The summed E-state index contributed by atoms with van der Waals surface area (Å²) in [5.74, 6) is -3.61. The van der Waals surface area contributed by atoms with Crippen molar-refractivity contribution < 1.29 is 33.0 Å². The Morgan fingerprint density at radius 2 is 2.05 bits per heavy atom. The molecule has 1 aliphatic heterocycles. The molecular weight excluding hydrogens is 303 g/mol. The molecule has 22 heavy (non-hydrogen) atoms. The first-order chi connectivity index (χ1) is 10.2. The summed E-state index contributed by atoms with van der Waals surface area (Å²) in [6.07, 6.45) is -5.24. The van der Waals surface area contributed by atoms with Crippen molar-refractivity contribution in [3.05, 3.63) is 29.3 Å². The van der Waals surface area contributed by atoms with Gasteiger partial charge in [-0.25, -0.2) is 0 Å². The van der Waals surface area contributed by atoms with E-state index in [4.69, 9.17) is 0 Å². The molecule has 0 bridgehead atoms. The molecule has 0 fully saturated rings. The highest BCUT2D eigenvalue weighted by Crippen LogP contribution is 2.29. The van der Waals surface area contributed by atoms with E-state index in [1.54, 1.807) is 0 Å². The summed E-state index contributed by atoms with van der Waals surface area (Å²) in [7, 11) is 0. The first kappa shape index (κ1) is 16.1. The number of nitrogens with zero attached hydrogens (tertiary/aromatic N) is 1. The van der Waals surface area contributed by atoms with Crippen molar-refractivity contribution in [1.29, 1.82) is 0 Å². The second-order valence-electron chi connectivity index (χ2n) is 5.24. The maximum Gasteiger partial charge on any atom is 0.406 e. The average Bonchev–Trinajstić information content (AvgIpc) is 2.47. The van der Waals surface area contributed by atoms with Gasteiger partial charge in [-0.3, -0.25) is 4.79 Å². The Labute approximate surface area is 124 Å². The first-order valence-corrected chi connectivity index (χ1v) is 6.52. The molecule has 0 saturated heterocycles. The zero-order valence-electron chi connectivity index (χ0n) is 11.4. The summed E-state index contributed by atoms with van der Waals surface area (Å²) in [4.78, 5) is 23.5. The van der Waals surface area contributed by atoms with E-state index in [1.165, 1.54) is 18.2 Å². The number of hydrogen-bond donors (Lipinski definition) is 1. The predicted molar refractivity (Wildman–Crippen MR) is 66.4 cm³/mol. The lowest BCUT2D eigenvalue weighted by Gasteiger charge is -2.25. The minimum absolute atomic E-state index is 0.00319. The number of aromatic hydroxyl groups is 1. The number of halogens is 3. The Bertz CT molecular complexity index is 600. The number of alkyl halides is 3. The maximum atomic E-state index is 12.6. The quantitative estimate of drug-likeness (QED) is 0.885. The van der Waals surface area contributed by atoms with Gasteiger partial charge in [-0.05, 0) is 36.1 Å². The Kier molecular flexibility index (Phi) is 4.30.